The van der Waals surface area contributed by atoms with Gasteiger partial charge in [-0.25, -0.2) is 13.4 Å². The molecule has 1 aromatic heterocycles. The van der Waals surface area contributed by atoms with E-state index >= 15 is 0 Å². The number of sulfonamides is 1. The number of likely N-dealkylation sites (N-methyl/N-ethyl adjacent to an activating group) is 1. The first-order valence-corrected chi connectivity index (χ1v) is 16.1. The molecule has 42 heavy (non-hydrogen) atoms. The Bertz CT molecular complexity index is 1790. The normalized spacial score (nSPS) is 14.7. The summed E-state index contributed by atoms with van der Waals surface area (Å²) in [4.78, 5) is 34.7. The number of carbonyl (C=O) groups excluding carboxylic acids is 1. The van der Waals surface area contributed by atoms with E-state index in [-0.39, 0.29) is 23.5 Å². The monoisotopic (exact) mass is 627 g/mol. The SMILES string of the molecule is CN(C(=O)Cn1c(=O)cnc2cc(Cl)c(Cl)cc21)C(CN1CCCC1)c1ccc(-c2ccccc2NS(C)(=O)=O)cc1. The van der Waals surface area contributed by atoms with Crippen LogP contribution in [0, 0.1) is 0 Å². The number of fused-ring (bicyclic) bond motifs is 1. The number of hydrogen-bond donors (Lipinski definition) is 1. The number of amides is 1. The number of rotatable bonds is 9. The van der Waals surface area contributed by atoms with Crippen molar-refractivity contribution in [1.29, 1.82) is 0 Å². The van der Waals surface area contributed by atoms with E-state index in [4.69, 9.17) is 23.2 Å². The van der Waals surface area contributed by atoms with Gasteiger partial charge in [0, 0.05) is 19.2 Å². The average Bonchev–Trinajstić information content (AvgIpc) is 3.47. The van der Waals surface area contributed by atoms with E-state index in [1.807, 2.05) is 36.4 Å². The molecule has 0 aliphatic carbocycles. The van der Waals surface area contributed by atoms with Crippen LogP contribution in [0.2, 0.25) is 10.0 Å². The second-order valence-electron chi connectivity index (χ2n) is 10.5. The molecule has 1 aliphatic rings. The van der Waals surface area contributed by atoms with Crippen LogP contribution in [-0.2, 0) is 21.4 Å². The molecule has 5 rings (SSSR count). The third kappa shape index (κ3) is 6.78. The number of para-hydroxylation sites is 1. The highest BCUT2D eigenvalue weighted by Crippen LogP contribution is 2.31. The van der Waals surface area contributed by atoms with Gasteiger partial charge in [-0.1, -0.05) is 65.7 Å². The zero-order chi connectivity index (χ0) is 30.0. The lowest BCUT2D eigenvalue weighted by Crippen LogP contribution is -2.41. The summed E-state index contributed by atoms with van der Waals surface area (Å²) in [5, 5.41) is 0.584. The Morgan fingerprint density at radius 1 is 1.05 bits per heavy atom. The lowest BCUT2D eigenvalue weighted by Gasteiger charge is -2.32. The van der Waals surface area contributed by atoms with E-state index < -0.39 is 15.6 Å². The second-order valence-corrected chi connectivity index (χ2v) is 13.1. The molecule has 1 fully saturated rings. The quantitative estimate of drug-likeness (QED) is 0.279. The maximum Gasteiger partial charge on any atom is 0.269 e. The summed E-state index contributed by atoms with van der Waals surface area (Å²) in [6, 6.07) is 17.8. The largest absolute Gasteiger partial charge is 0.336 e. The first-order valence-electron chi connectivity index (χ1n) is 13.5. The minimum atomic E-state index is -3.45. The van der Waals surface area contributed by atoms with Crippen LogP contribution >= 0.6 is 23.2 Å². The number of nitrogens with zero attached hydrogens (tertiary/aromatic N) is 4. The van der Waals surface area contributed by atoms with Gasteiger partial charge < -0.3 is 9.80 Å². The van der Waals surface area contributed by atoms with E-state index in [0.717, 1.165) is 48.9 Å². The molecule has 0 saturated carbocycles. The molecule has 3 aromatic carbocycles. The van der Waals surface area contributed by atoms with E-state index in [2.05, 4.69) is 14.6 Å². The lowest BCUT2D eigenvalue weighted by molar-refractivity contribution is -0.133. The van der Waals surface area contributed by atoms with Crippen LogP contribution < -0.4 is 10.3 Å². The molecule has 220 valence electrons. The third-order valence-electron chi connectivity index (χ3n) is 7.50. The molecule has 0 spiro atoms. The number of likely N-dealkylation sites (tertiary alicyclic amines) is 1. The van der Waals surface area contributed by atoms with Crippen LogP contribution in [0.1, 0.15) is 24.4 Å². The Balaban J connectivity index is 1.45. The second kappa shape index (κ2) is 12.4. The van der Waals surface area contributed by atoms with Crippen molar-refractivity contribution in [3.05, 3.63) is 92.8 Å². The van der Waals surface area contributed by atoms with Gasteiger partial charge in [-0.2, -0.15) is 0 Å². The van der Waals surface area contributed by atoms with Crippen LogP contribution in [0.5, 0.6) is 0 Å². The Morgan fingerprint density at radius 2 is 1.71 bits per heavy atom. The van der Waals surface area contributed by atoms with Gasteiger partial charge in [0.15, 0.2) is 0 Å². The van der Waals surface area contributed by atoms with Gasteiger partial charge in [0.1, 0.15) is 6.54 Å². The fraction of sp³-hybridized carbons (Fsp3) is 0.300. The van der Waals surface area contributed by atoms with Gasteiger partial charge in [-0.3, -0.25) is 18.9 Å². The zero-order valence-corrected chi connectivity index (χ0v) is 25.6. The van der Waals surface area contributed by atoms with Crippen molar-refractivity contribution in [1.82, 2.24) is 19.4 Å². The Labute approximate surface area is 254 Å². The summed E-state index contributed by atoms with van der Waals surface area (Å²) in [7, 11) is -1.70. The molecular weight excluding hydrogens is 597 g/mol. The lowest BCUT2D eigenvalue weighted by atomic mass is 9.98. The smallest absolute Gasteiger partial charge is 0.269 e. The summed E-state index contributed by atoms with van der Waals surface area (Å²) in [5.41, 5.74) is 3.49. The Kier molecular flexibility index (Phi) is 8.89. The fourth-order valence-electron chi connectivity index (χ4n) is 5.31. The highest BCUT2D eigenvalue weighted by atomic mass is 35.5. The maximum absolute atomic E-state index is 13.7. The van der Waals surface area contributed by atoms with Crippen molar-refractivity contribution in [2.24, 2.45) is 0 Å². The number of nitrogens with one attached hydrogen (secondary N) is 1. The number of halogens is 2. The van der Waals surface area contributed by atoms with Gasteiger partial charge in [-0.05, 0) is 55.3 Å². The predicted molar refractivity (Wildman–Crippen MR) is 168 cm³/mol. The van der Waals surface area contributed by atoms with E-state index in [1.165, 1.54) is 10.8 Å². The molecule has 1 atom stereocenters. The highest BCUT2D eigenvalue weighted by molar-refractivity contribution is 7.92. The molecule has 0 bridgehead atoms. The van der Waals surface area contributed by atoms with E-state index in [0.29, 0.717) is 28.3 Å². The Hall–Kier alpha value is -3.44. The molecule has 1 N–H and O–H groups in total. The topological polar surface area (TPSA) is 105 Å². The van der Waals surface area contributed by atoms with Crippen molar-refractivity contribution in [2.45, 2.75) is 25.4 Å². The van der Waals surface area contributed by atoms with Crippen molar-refractivity contribution < 1.29 is 13.2 Å². The molecule has 2 heterocycles. The van der Waals surface area contributed by atoms with Crippen LogP contribution in [0.15, 0.2) is 71.7 Å². The summed E-state index contributed by atoms with van der Waals surface area (Å²) in [5.74, 6) is -0.244. The van der Waals surface area contributed by atoms with Crippen LogP contribution in [0.25, 0.3) is 22.2 Å². The minimum Gasteiger partial charge on any atom is -0.336 e. The van der Waals surface area contributed by atoms with Crippen LogP contribution in [0.4, 0.5) is 5.69 Å². The fourth-order valence-corrected chi connectivity index (χ4v) is 6.21. The number of benzene rings is 3. The third-order valence-corrected chi connectivity index (χ3v) is 8.81. The minimum absolute atomic E-state index is 0.189. The summed E-state index contributed by atoms with van der Waals surface area (Å²) in [6.45, 7) is 2.36. The average molecular weight is 629 g/mol. The van der Waals surface area contributed by atoms with E-state index in [9.17, 15) is 18.0 Å². The van der Waals surface area contributed by atoms with Gasteiger partial charge in [0.05, 0.1) is 45.3 Å². The molecular formula is C30H31Cl2N5O4S. The van der Waals surface area contributed by atoms with Crippen molar-refractivity contribution in [2.75, 3.05) is 37.7 Å². The van der Waals surface area contributed by atoms with E-state index in [1.54, 1.807) is 36.2 Å². The van der Waals surface area contributed by atoms with Crippen molar-refractivity contribution in [3.63, 3.8) is 0 Å². The molecule has 12 heteroatoms. The summed E-state index contributed by atoms with van der Waals surface area (Å²) in [6.07, 6.45) is 4.51. The first-order chi connectivity index (χ1) is 20.0. The van der Waals surface area contributed by atoms with Crippen molar-refractivity contribution in [3.8, 4) is 11.1 Å². The summed E-state index contributed by atoms with van der Waals surface area (Å²) >= 11 is 12.4. The molecule has 1 unspecified atom stereocenters. The number of anilines is 1. The number of carbonyl (C=O) groups is 1. The number of hydrogen-bond acceptors (Lipinski definition) is 6. The van der Waals surface area contributed by atoms with Crippen LogP contribution in [-0.4, -0.2) is 66.6 Å². The Morgan fingerprint density at radius 3 is 2.40 bits per heavy atom. The molecule has 9 nitrogen and oxygen atoms in total. The van der Waals surface area contributed by atoms with Gasteiger partial charge >= 0.3 is 0 Å². The molecule has 4 aromatic rings. The molecule has 1 saturated heterocycles. The number of aromatic nitrogens is 2. The standard InChI is InChI=1S/C30H31Cl2N5O4S/c1-35(30(39)19-37-27-16-24(32)23(31)15-26(27)33-17-29(37)38)28(18-36-13-5-6-14-36)21-11-9-20(10-12-21)22-7-3-4-8-25(22)34-42(2,40)41/h3-4,7-12,15-17,28,34H,5-6,13-14,18-19H2,1-2H3. The maximum atomic E-state index is 13.7. The molecule has 1 aliphatic heterocycles. The summed E-state index contributed by atoms with van der Waals surface area (Å²) < 4.78 is 27.7. The molecule has 0 radical (unpaired) electrons. The van der Waals surface area contributed by atoms with Gasteiger partial charge in [-0.15, -0.1) is 0 Å². The van der Waals surface area contributed by atoms with Gasteiger partial charge in [0.25, 0.3) is 5.56 Å². The first kappa shape index (κ1) is 30.0. The van der Waals surface area contributed by atoms with Gasteiger partial charge in [0.2, 0.25) is 15.9 Å². The highest BCUT2D eigenvalue weighted by Gasteiger charge is 2.26. The predicted octanol–water partition coefficient (Wildman–Crippen LogP) is 5.04. The molecule has 1 amide bonds. The van der Waals surface area contributed by atoms with Crippen molar-refractivity contribution >= 4 is 55.9 Å². The van der Waals surface area contributed by atoms with Crippen LogP contribution in [0.3, 0.4) is 0 Å². The zero-order valence-electron chi connectivity index (χ0n) is 23.3.